The minimum Gasteiger partial charge on any atom is -0.310 e. The van der Waals surface area contributed by atoms with Gasteiger partial charge in [0.25, 0.3) is 0 Å². The van der Waals surface area contributed by atoms with Crippen molar-refractivity contribution < 1.29 is 0 Å². The lowest BCUT2D eigenvalue weighted by Crippen LogP contribution is -2.17. The Labute approximate surface area is 364 Å². The number of rotatable bonds is 6. The van der Waals surface area contributed by atoms with Crippen molar-refractivity contribution in [3.8, 4) is 50.2 Å². The number of hydrogen-bond acceptors (Lipinski definition) is 1. The van der Waals surface area contributed by atoms with Gasteiger partial charge in [0.15, 0.2) is 0 Å². The quantitative estimate of drug-likeness (QED) is 0.163. The number of anilines is 3. The third kappa shape index (κ3) is 5.43. The normalized spacial score (nSPS) is 14.1. The number of benzene rings is 9. The van der Waals surface area contributed by atoms with Crippen molar-refractivity contribution in [3.63, 3.8) is 0 Å². The fourth-order valence-corrected chi connectivity index (χ4v) is 10.7. The first-order chi connectivity index (χ1) is 30.3. The monoisotopic (exact) mass is 794 g/mol. The molecule has 0 spiro atoms. The van der Waals surface area contributed by atoms with Crippen LogP contribution in [0.4, 0.5) is 17.1 Å². The lowest BCUT2D eigenvalue weighted by atomic mass is 9.79. The highest BCUT2D eigenvalue weighted by atomic mass is 15.1. The molecule has 0 amide bonds. The van der Waals surface area contributed by atoms with Crippen molar-refractivity contribution in [2.75, 3.05) is 4.90 Å². The van der Waals surface area contributed by atoms with Gasteiger partial charge in [0.1, 0.15) is 0 Å². The van der Waals surface area contributed by atoms with E-state index in [0.717, 1.165) is 17.1 Å². The molecule has 0 N–H and O–H groups in total. The van der Waals surface area contributed by atoms with Crippen molar-refractivity contribution in [2.45, 2.75) is 38.5 Å². The first-order valence-electron chi connectivity index (χ1n) is 21.8. The summed E-state index contributed by atoms with van der Waals surface area (Å²) in [6.45, 7) is 9.63. The van der Waals surface area contributed by atoms with Crippen LogP contribution in [0.2, 0.25) is 0 Å². The third-order valence-electron chi connectivity index (χ3n) is 14.0. The number of aromatic nitrogens is 1. The molecule has 1 heterocycles. The number of nitrogens with zero attached hydrogens (tertiary/aromatic N) is 2. The van der Waals surface area contributed by atoms with E-state index in [0.29, 0.717) is 0 Å². The molecule has 296 valence electrons. The molecule has 1 aromatic heterocycles. The van der Waals surface area contributed by atoms with E-state index in [4.69, 9.17) is 0 Å². The van der Waals surface area contributed by atoms with Crippen LogP contribution in [0.5, 0.6) is 0 Å². The molecule has 10 aromatic rings. The summed E-state index contributed by atoms with van der Waals surface area (Å²) in [6, 6.07) is 76.2. The van der Waals surface area contributed by atoms with E-state index in [9.17, 15) is 0 Å². The van der Waals surface area contributed by atoms with Gasteiger partial charge in [0.05, 0.1) is 11.0 Å². The molecule has 2 aliphatic carbocycles. The van der Waals surface area contributed by atoms with Gasteiger partial charge < -0.3 is 9.47 Å². The largest absolute Gasteiger partial charge is 0.310 e. The Bertz CT molecular complexity index is 3320. The number of hydrogen-bond donors (Lipinski definition) is 0. The molecule has 0 saturated carbocycles. The highest BCUT2D eigenvalue weighted by molar-refractivity contribution is 6.09. The van der Waals surface area contributed by atoms with Crippen LogP contribution in [-0.4, -0.2) is 4.57 Å². The summed E-state index contributed by atoms with van der Waals surface area (Å²) in [5, 5.41) is 2.58. The van der Waals surface area contributed by atoms with Gasteiger partial charge in [-0.2, -0.15) is 0 Å². The fourth-order valence-electron chi connectivity index (χ4n) is 10.7. The van der Waals surface area contributed by atoms with Crippen molar-refractivity contribution in [1.82, 2.24) is 4.57 Å². The molecule has 0 radical (unpaired) electrons. The zero-order valence-corrected chi connectivity index (χ0v) is 35.5. The Morgan fingerprint density at radius 3 is 1.29 bits per heavy atom. The smallest absolute Gasteiger partial charge is 0.0541 e. The van der Waals surface area contributed by atoms with Crippen molar-refractivity contribution in [3.05, 3.63) is 229 Å². The predicted molar refractivity (Wildman–Crippen MR) is 261 cm³/mol. The molecule has 0 unspecified atom stereocenters. The molecule has 2 nitrogen and oxygen atoms in total. The molecule has 12 rings (SSSR count). The minimum absolute atomic E-state index is 0.165. The van der Waals surface area contributed by atoms with Gasteiger partial charge in [-0.25, -0.2) is 0 Å². The Morgan fingerprint density at radius 2 is 0.726 bits per heavy atom. The van der Waals surface area contributed by atoms with E-state index in [1.807, 2.05) is 0 Å². The Kier molecular flexibility index (Phi) is 7.96. The summed E-state index contributed by atoms with van der Waals surface area (Å²) in [4.78, 5) is 2.40. The van der Waals surface area contributed by atoms with Gasteiger partial charge in [0, 0.05) is 44.4 Å². The molecule has 0 atom stereocenters. The number of para-hydroxylation sites is 3. The molecule has 62 heavy (non-hydrogen) atoms. The van der Waals surface area contributed by atoms with Gasteiger partial charge in [-0.15, -0.1) is 0 Å². The highest BCUT2D eigenvalue weighted by Gasteiger charge is 2.42. The summed E-state index contributed by atoms with van der Waals surface area (Å²) >= 11 is 0. The van der Waals surface area contributed by atoms with Crippen LogP contribution in [0.25, 0.3) is 72.0 Å². The Hall–Kier alpha value is -7.42. The lowest BCUT2D eigenvalue weighted by Gasteiger charge is -2.28. The Morgan fingerprint density at radius 1 is 0.323 bits per heavy atom. The molecule has 2 aliphatic rings. The predicted octanol–water partition coefficient (Wildman–Crippen LogP) is 16.2. The Balaban J connectivity index is 0.908. The molecule has 2 heteroatoms. The van der Waals surface area contributed by atoms with Crippen LogP contribution in [0, 0.1) is 0 Å². The second kappa shape index (κ2) is 13.5. The van der Waals surface area contributed by atoms with Gasteiger partial charge in [0.2, 0.25) is 0 Å². The van der Waals surface area contributed by atoms with Crippen LogP contribution in [0.15, 0.2) is 206 Å². The van der Waals surface area contributed by atoms with E-state index >= 15 is 0 Å². The van der Waals surface area contributed by atoms with Gasteiger partial charge in [-0.05, 0) is 140 Å². The zero-order chi connectivity index (χ0) is 41.7. The maximum absolute atomic E-state index is 2.53. The lowest BCUT2D eigenvalue weighted by molar-refractivity contribution is 0.652. The van der Waals surface area contributed by atoms with Gasteiger partial charge in [-0.3, -0.25) is 0 Å². The van der Waals surface area contributed by atoms with Crippen LogP contribution in [-0.2, 0) is 10.8 Å². The van der Waals surface area contributed by atoms with Crippen LogP contribution in [0.3, 0.4) is 0 Å². The first-order valence-corrected chi connectivity index (χ1v) is 21.8. The van der Waals surface area contributed by atoms with Crippen molar-refractivity contribution in [2.24, 2.45) is 0 Å². The van der Waals surface area contributed by atoms with E-state index in [1.165, 1.54) is 94.3 Å². The average molecular weight is 795 g/mol. The second-order valence-corrected chi connectivity index (χ2v) is 18.2. The summed E-state index contributed by atoms with van der Waals surface area (Å²) in [6.07, 6.45) is 0. The fraction of sp³-hybridized carbons (Fsp3) is 0.100. The maximum atomic E-state index is 2.53. The molecular weight excluding hydrogens is 749 g/mol. The summed E-state index contributed by atoms with van der Waals surface area (Å²) in [5.74, 6) is 0. The standard InChI is InChI=1S/C60H46N2/c1-59(2)53-35-45(61(43-17-9-6-10-18-43)44-29-27-42(28-30-44)41-25-23-40(24-26-41)39-15-7-5-8-16-39)31-33-47(53)51-37-56-52(38-55(51)59)48-34-32-46(36-54(48)60(56,3)4)62-57-21-13-11-19-49(57)50-20-12-14-22-58(50)62/h5-38H,1-4H3. The molecule has 0 bridgehead atoms. The first kappa shape index (κ1) is 36.4. The minimum atomic E-state index is -0.191. The highest BCUT2D eigenvalue weighted by Crippen LogP contribution is 2.57. The van der Waals surface area contributed by atoms with Crippen LogP contribution >= 0.6 is 0 Å². The SMILES string of the molecule is CC1(C)c2cc(N(c3ccccc3)c3ccc(-c4ccc(-c5ccccc5)cc4)cc3)ccc2-c2cc3c(cc21)-c1ccc(-n2c4ccccc4c4ccccc42)cc1C3(C)C. The topological polar surface area (TPSA) is 8.17 Å². The number of fused-ring (bicyclic) bond motifs is 9. The maximum Gasteiger partial charge on any atom is 0.0541 e. The summed E-state index contributed by atoms with van der Waals surface area (Å²) in [7, 11) is 0. The van der Waals surface area contributed by atoms with E-state index in [1.54, 1.807) is 0 Å². The molecule has 9 aromatic carbocycles. The zero-order valence-electron chi connectivity index (χ0n) is 35.5. The molecule has 0 aliphatic heterocycles. The van der Waals surface area contributed by atoms with Gasteiger partial charge >= 0.3 is 0 Å². The second-order valence-electron chi connectivity index (χ2n) is 18.2. The van der Waals surface area contributed by atoms with Crippen molar-refractivity contribution in [1.29, 1.82) is 0 Å². The summed E-state index contributed by atoms with van der Waals surface area (Å²) in [5.41, 5.74) is 22.6. The van der Waals surface area contributed by atoms with E-state index < -0.39 is 0 Å². The van der Waals surface area contributed by atoms with E-state index in [2.05, 4.69) is 243 Å². The average Bonchev–Trinajstić information content (AvgIpc) is 3.85. The summed E-state index contributed by atoms with van der Waals surface area (Å²) < 4.78 is 2.44. The third-order valence-corrected chi connectivity index (χ3v) is 14.0. The van der Waals surface area contributed by atoms with E-state index in [-0.39, 0.29) is 10.8 Å². The molecule has 0 saturated heterocycles. The van der Waals surface area contributed by atoms with Crippen LogP contribution < -0.4 is 4.90 Å². The molecular formula is C60H46N2. The van der Waals surface area contributed by atoms with Crippen molar-refractivity contribution >= 4 is 38.9 Å². The molecule has 0 fully saturated rings. The van der Waals surface area contributed by atoms with Gasteiger partial charge in [-0.1, -0.05) is 161 Å². The van der Waals surface area contributed by atoms with Crippen LogP contribution in [0.1, 0.15) is 49.9 Å².